The number of benzene rings is 1. The number of hydrogen-bond acceptors (Lipinski definition) is 5. The maximum absolute atomic E-state index is 12.1. The Morgan fingerprint density at radius 2 is 2.00 bits per heavy atom. The first-order chi connectivity index (χ1) is 9.89. The summed E-state index contributed by atoms with van der Waals surface area (Å²) in [6.45, 7) is 1.74. The van der Waals surface area contributed by atoms with Crippen LogP contribution in [0.25, 0.3) is 0 Å². The Labute approximate surface area is 121 Å². The number of pyridine rings is 1. The molecule has 0 bridgehead atoms. The Kier molecular flexibility index (Phi) is 4.18. The summed E-state index contributed by atoms with van der Waals surface area (Å²) in [5.74, 6) is -0.474. The smallest absolute Gasteiger partial charge is 0.273 e. The van der Waals surface area contributed by atoms with Crippen molar-refractivity contribution in [2.45, 2.75) is 12.7 Å². The molecule has 2 rings (SSSR count). The Hall–Kier alpha value is -2.48. The van der Waals surface area contributed by atoms with Gasteiger partial charge in [-0.2, -0.15) is 0 Å². The molecule has 0 radical (unpaired) electrons. The van der Waals surface area contributed by atoms with Crippen molar-refractivity contribution in [3.63, 3.8) is 0 Å². The molecule has 0 amide bonds. The molecule has 0 aliphatic rings. The van der Waals surface area contributed by atoms with Crippen molar-refractivity contribution in [2.24, 2.45) is 0 Å². The zero-order chi connectivity index (χ0) is 15.5. The fourth-order valence-corrected chi connectivity index (χ4v) is 3.06. The first-order valence-corrected chi connectivity index (χ1v) is 7.68. The number of rotatable bonds is 5. The highest BCUT2D eigenvalue weighted by molar-refractivity contribution is 7.91. The summed E-state index contributed by atoms with van der Waals surface area (Å²) in [5.41, 5.74) is 0.995. The van der Waals surface area contributed by atoms with Crippen LogP contribution in [0.15, 0.2) is 42.7 Å². The van der Waals surface area contributed by atoms with Gasteiger partial charge in [0.1, 0.15) is 5.75 Å². The monoisotopic (exact) mass is 307 g/mol. The van der Waals surface area contributed by atoms with Gasteiger partial charge >= 0.3 is 0 Å². The number of sulfonamides is 1. The fourth-order valence-electron chi connectivity index (χ4n) is 1.79. The minimum absolute atomic E-state index is 0.136. The first-order valence-electron chi connectivity index (χ1n) is 6.02. The van der Waals surface area contributed by atoms with Crippen molar-refractivity contribution in [3.8, 4) is 0 Å². The second-order valence-corrected chi connectivity index (χ2v) is 6.16. The molecule has 1 aromatic heterocycles. The molecule has 0 aliphatic carbocycles. The van der Waals surface area contributed by atoms with Crippen LogP contribution in [0.4, 0.5) is 11.4 Å². The Bertz CT molecular complexity index is 774. The molecule has 0 saturated carbocycles. The topological polar surface area (TPSA) is 102 Å². The Morgan fingerprint density at radius 1 is 1.29 bits per heavy atom. The van der Waals surface area contributed by atoms with Gasteiger partial charge in [-0.1, -0.05) is 18.2 Å². The maximum atomic E-state index is 12.1. The summed E-state index contributed by atoms with van der Waals surface area (Å²) in [7, 11) is -3.76. The van der Waals surface area contributed by atoms with Gasteiger partial charge in [0.15, 0.2) is 0 Å². The van der Waals surface area contributed by atoms with Gasteiger partial charge in [0.25, 0.3) is 5.69 Å². The van der Waals surface area contributed by atoms with E-state index in [0.29, 0.717) is 5.69 Å². The molecule has 110 valence electrons. The van der Waals surface area contributed by atoms with Gasteiger partial charge in [-0.15, -0.1) is 0 Å². The van der Waals surface area contributed by atoms with Crippen LogP contribution in [-0.4, -0.2) is 18.3 Å². The van der Waals surface area contributed by atoms with Gasteiger partial charge in [0.05, 0.1) is 16.8 Å². The highest BCUT2D eigenvalue weighted by atomic mass is 32.2. The van der Waals surface area contributed by atoms with Gasteiger partial charge in [0, 0.05) is 17.8 Å². The van der Waals surface area contributed by atoms with E-state index in [-0.39, 0.29) is 11.3 Å². The molecule has 0 aliphatic heterocycles. The molecule has 0 atom stereocenters. The van der Waals surface area contributed by atoms with E-state index in [1.165, 1.54) is 24.4 Å². The standard InChI is InChI=1S/C13H13N3O4S/c1-10-6-7-14-8-12(10)15-21(19,20)9-11-4-2-3-5-13(11)16(17)18/h2-8,15H,9H2,1H3. The number of nitro benzene ring substituents is 1. The predicted molar refractivity (Wildman–Crippen MR) is 78.3 cm³/mol. The normalized spacial score (nSPS) is 11.1. The van der Waals surface area contributed by atoms with Crippen LogP contribution in [-0.2, 0) is 15.8 Å². The summed E-state index contributed by atoms with van der Waals surface area (Å²) in [5, 5.41) is 10.9. The predicted octanol–water partition coefficient (Wildman–Crippen LogP) is 2.24. The summed E-state index contributed by atoms with van der Waals surface area (Å²) < 4.78 is 26.7. The number of para-hydroxylation sites is 1. The van der Waals surface area contributed by atoms with E-state index in [0.717, 1.165) is 5.56 Å². The van der Waals surface area contributed by atoms with E-state index in [4.69, 9.17) is 0 Å². The highest BCUT2D eigenvalue weighted by Crippen LogP contribution is 2.22. The zero-order valence-electron chi connectivity index (χ0n) is 11.2. The van der Waals surface area contributed by atoms with Gasteiger partial charge in [-0.25, -0.2) is 8.42 Å². The van der Waals surface area contributed by atoms with Crippen LogP contribution in [0, 0.1) is 17.0 Å². The third kappa shape index (κ3) is 3.76. The number of aryl methyl sites for hydroxylation is 1. The van der Waals surface area contributed by atoms with Crippen molar-refractivity contribution in [1.82, 2.24) is 4.98 Å². The number of nitrogens with zero attached hydrogens (tertiary/aromatic N) is 2. The minimum atomic E-state index is -3.76. The van der Waals surface area contributed by atoms with E-state index >= 15 is 0 Å². The summed E-state index contributed by atoms with van der Waals surface area (Å²) in [4.78, 5) is 14.2. The number of aromatic nitrogens is 1. The van der Waals surface area contributed by atoms with Crippen molar-refractivity contribution in [2.75, 3.05) is 4.72 Å². The molecule has 0 saturated heterocycles. The lowest BCUT2D eigenvalue weighted by molar-refractivity contribution is -0.385. The molecule has 21 heavy (non-hydrogen) atoms. The van der Waals surface area contributed by atoms with Crippen molar-refractivity contribution in [3.05, 3.63) is 64.0 Å². The van der Waals surface area contributed by atoms with Crippen molar-refractivity contribution in [1.29, 1.82) is 0 Å². The second kappa shape index (κ2) is 5.88. The van der Waals surface area contributed by atoms with Gasteiger partial charge < -0.3 is 0 Å². The average molecular weight is 307 g/mol. The lowest BCUT2D eigenvalue weighted by Gasteiger charge is -2.10. The van der Waals surface area contributed by atoms with Gasteiger partial charge in [-0.3, -0.25) is 19.8 Å². The van der Waals surface area contributed by atoms with Crippen LogP contribution in [0.1, 0.15) is 11.1 Å². The molecular formula is C13H13N3O4S. The molecule has 1 aromatic carbocycles. The molecule has 0 spiro atoms. The van der Waals surface area contributed by atoms with Crippen LogP contribution in [0.5, 0.6) is 0 Å². The van der Waals surface area contributed by atoms with Crippen LogP contribution in [0.2, 0.25) is 0 Å². The Balaban J connectivity index is 2.27. The van der Waals surface area contributed by atoms with E-state index in [2.05, 4.69) is 9.71 Å². The molecule has 0 unspecified atom stereocenters. The fraction of sp³-hybridized carbons (Fsp3) is 0.154. The summed E-state index contributed by atoms with van der Waals surface area (Å²) in [6, 6.07) is 7.43. The molecule has 1 heterocycles. The third-order valence-electron chi connectivity index (χ3n) is 2.84. The van der Waals surface area contributed by atoms with Gasteiger partial charge in [-0.05, 0) is 18.6 Å². The zero-order valence-corrected chi connectivity index (χ0v) is 12.0. The lowest BCUT2D eigenvalue weighted by atomic mass is 10.2. The molecule has 0 fully saturated rings. The van der Waals surface area contributed by atoms with Crippen LogP contribution >= 0.6 is 0 Å². The average Bonchev–Trinajstić information content (AvgIpc) is 2.41. The molecular weight excluding hydrogens is 294 g/mol. The van der Waals surface area contributed by atoms with Crippen molar-refractivity contribution >= 4 is 21.4 Å². The number of anilines is 1. The maximum Gasteiger partial charge on any atom is 0.273 e. The first kappa shape index (κ1) is 14.9. The minimum Gasteiger partial charge on any atom is -0.281 e. The molecule has 7 nitrogen and oxygen atoms in total. The molecule has 1 N–H and O–H groups in total. The quantitative estimate of drug-likeness (QED) is 0.674. The second-order valence-electron chi connectivity index (χ2n) is 4.44. The molecule has 8 heteroatoms. The highest BCUT2D eigenvalue weighted by Gasteiger charge is 2.20. The van der Waals surface area contributed by atoms with Crippen LogP contribution < -0.4 is 4.72 Å². The Morgan fingerprint density at radius 3 is 2.67 bits per heavy atom. The summed E-state index contributed by atoms with van der Waals surface area (Å²) in [6.07, 6.45) is 2.95. The summed E-state index contributed by atoms with van der Waals surface area (Å²) >= 11 is 0. The van der Waals surface area contributed by atoms with Crippen molar-refractivity contribution < 1.29 is 13.3 Å². The largest absolute Gasteiger partial charge is 0.281 e. The van der Waals surface area contributed by atoms with E-state index < -0.39 is 20.7 Å². The van der Waals surface area contributed by atoms with Crippen LogP contribution in [0.3, 0.4) is 0 Å². The number of nitro groups is 1. The third-order valence-corrected chi connectivity index (χ3v) is 4.06. The number of hydrogen-bond donors (Lipinski definition) is 1. The van der Waals surface area contributed by atoms with E-state index in [1.54, 1.807) is 25.3 Å². The lowest BCUT2D eigenvalue weighted by Crippen LogP contribution is -2.16. The number of nitrogens with one attached hydrogen (secondary N) is 1. The molecule has 2 aromatic rings. The van der Waals surface area contributed by atoms with E-state index in [1.807, 2.05) is 0 Å². The van der Waals surface area contributed by atoms with Gasteiger partial charge in [0.2, 0.25) is 10.0 Å². The van der Waals surface area contributed by atoms with E-state index in [9.17, 15) is 18.5 Å². The SMILES string of the molecule is Cc1ccncc1NS(=O)(=O)Cc1ccccc1[N+](=O)[O-].